The molecule has 0 aliphatic rings. The number of amides is 1. The number of benzene rings is 2. The highest BCUT2D eigenvalue weighted by atomic mass is 32.1. The molecule has 0 radical (unpaired) electrons. The fraction of sp³-hybridized carbons (Fsp3) is 0.158. The van der Waals surface area contributed by atoms with Crippen LogP contribution in [0.2, 0.25) is 0 Å². The van der Waals surface area contributed by atoms with E-state index in [-0.39, 0.29) is 12.5 Å². The molecule has 0 atom stereocenters. The number of thiazole rings is 1. The Kier molecular flexibility index (Phi) is 4.91. The predicted molar refractivity (Wildman–Crippen MR) is 97.6 cm³/mol. The van der Waals surface area contributed by atoms with Crippen molar-refractivity contribution in [2.45, 2.75) is 13.8 Å². The number of nitrogens with zero attached hydrogens (tertiary/aromatic N) is 1. The molecule has 0 unspecified atom stereocenters. The zero-order valence-corrected chi connectivity index (χ0v) is 14.4. The highest BCUT2D eigenvalue weighted by molar-refractivity contribution is 7.19. The van der Waals surface area contributed by atoms with Gasteiger partial charge >= 0.3 is 0 Å². The highest BCUT2D eigenvalue weighted by Crippen LogP contribution is 2.32. The fourth-order valence-corrected chi connectivity index (χ4v) is 3.23. The lowest BCUT2D eigenvalue weighted by atomic mass is 10.2. The molecule has 5 heteroatoms. The van der Waals surface area contributed by atoms with Crippen molar-refractivity contribution in [1.82, 2.24) is 4.98 Å². The van der Waals surface area contributed by atoms with Crippen LogP contribution in [0, 0.1) is 13.8 Å². The van der Waals surface area contributed by atoms with Crippen LogP contribution < -0.4 is 10.1 Å². The standard InChI is InChI=1S/C19H18N2O2S/c1-13-8-10-16(11-9-13)23-12-17(22)21-19-20-14(2)18(24-19)15-6-4-3-5-7-15/h3-11H,12H2,1-2H3,(H,20,21,22). The summed E-state index contributed by atoms with van der Waals surface area (Å²) in [5.74, 6) is 0.458. The Morgan fingerprint density at radius 2 is 1.79 bits per heavy atom. The summed E-state index contributed by atoms with van der Waals surface area (Å²) < 4.78 is 5.48. The third-order valence-electron chi connectivity index (χ3n) is 3.47. The first-order chi connectivity index (χ1) is 11.6. The first-order valence-corrected chi connectivity index (χ1v) is 8.45. The van der Waals surface area contributed by atoms with Crippen molar-refractivity contribution in [3.05, 3.63) is 65.9 Å². The van der Waals surface area contributed by atoms with Crippen LogP contribution in [0.3, 0.4) is 0 Å². The minimum atomic E-state index is -0.219. The molecular formula is C19H18N2O2S. The lowest BCUT2D eigenvalue weighted by molar-refractivity contribution is -0.118. The molecule has 0 fully saturated rings. The van der Waals surface area contributed by atoms with Crippen molar-refractivity contribution in [3.63, 3.8) is 0 Å². The van der Waals surface area contributed by atoms with Crippen LogP contribution in [0.4, 0.5) is 5.13 Å². The molecule has 0 spiro atoms. The van der Waals surface area contributed by atoms with E-state index in [1.807, 2.05) is 68.4 Å². The zero-order chi connectivity index (χ0) is 16.9. The average Bonchev–Trinajstić information content (AvgIpc) is 2.95. The van der Waals surface area contributed by atoms with E-state index in [0.29, 0.717) is 10.9 Å². The van der Waals surface area contributed by atoms with Gasteiger partial charge < -0.3 is 4.74 Å². The molecule has 1 amide bonds. The van der Waals surface area contributed by atoms with Crippen LogP contribution in [0.15, 0.2) is 54.6 Å². The molecule has 1 aromatic heterocycles. The van der Waals surface area contributed by atoms with Gasteiger partial charge in [-0.15, -0.1) is 0 Å². The van der Waals surface area contributed by atoms with Crippen molar-refractivity contribution >= 4 is 22.4 Å². The molecule has 4 nitrogen and oxygen atoms in total. The number of nitrogens with one attached hydrogen (secondary N) is 1. The van der Waals surface area contributed by atoms with Crippen LogP contribution in [-0.4, -0.2) is 17.5 Å². The second-order valence-corrected chi connectivity index (χ2v) is 6.45. The summed E-state index contributed by atoms with van der Waals surface area (Å²) in [7, 11) is 0. The molecule has 0 bridgehead atoms. The van der Waals surface area contributed by atoms with E-state index in [9.17, 15) is 4.79 Å². The van der Waals surface area contributed by atoms with Gasteiger partial charge in [-0.1, -0.05) is 59.4 Å². The van der Waals surface area contributed by atoms with E-state index in [0.717, 1.165) is 21.7 Å². The van der Waals surface area contributed by atoms with Gasteiger partial charge in [-0.25, -0.2) is 4.98 Å². The second-order valence-electron chi connectivity index (χ2n) is 5.45. The summed E-state index contributed by atoms with van der Waals surface area (Å²) in [6.45, 7) is 3.91. The Balaban J connectivity index is 1.61. The van der Waals surface area contributed by atoms with E-state index >= 15 is 0 Å². The van der Waals surface area contributed by atoms with Gasteiger partial charge in [0, 0.05) is 0 Å². The van der Waals surface area contributed by atoms with Crippen LogP contribution >= 0.6 is 11.3 Å². The van der Waals surface area contributed by atoms with Gasteiger partial charge in [-0.2, -0.15) is 0 Å². The van der Waals surface area contributed by atoms with E-state index in [2.05, 4.69) is 10.3 Å². The van der Waals surface area contributed by atoms with E-state index < -0.39 is 0 Å². The normalized spacial score (nSPS) is 10.4. The molecule has 0 saturated carbocycles. The maximum Gasteiger partial charge on any atom is 0.264 e. The number of ether oxygens (including phenoxy) is 1. The maximum absolute atomic E-state index is 12.0. The SMILES string of the molecule is Cc1ccc(OCC(=O)Nc2nc(C)c(-c3ccccc3)s2)cc1. The Bertz CT molecular complexity index is 826. The van der Waals surface area contributed by atoms with Crippen LogP contribution in [0.25, 0.3) is 10.4 Å². The summed E-state index contributed by atoms with van der Waals surface area (Å²) in [6.07, 6.45) is 0. The fourth-order valence-electron chi connectivity index (χ4n) is 2.25. The lowest BCUT2D eigenvalue weighted by Gasteiger charge is -2.05. The quantitative estimate of drug-likeness (QED) is 0.748. The van der Waals surface area contributed by atoms with Gasteiger partial charge in [0.05, 0.1) is 10.6 Å². The monoisotopic (exact) mass is 338 g/mol. The largest absolute Gasteiger partial charge is 0.484 e. The molecule has 0 aliphatic heterocycles. The number of hydrogen-bond acceptors (Lipinski definition) is 4. The van der Waals surface area contributed by atoms with Crippen LogP contribution in [0.5, 0.6) is 5.75 Å². The van der Waals surface area contributed by atoms with Crippen molar-refractivity contribution in [2.24, 2.45) is 0 Å². The zero-order valence-electron chi connectivity index (χ0n) is 13.6. The van der Waals surface area contributed by atoms with Gasteiger partial charge in [0.1, 0.15) is 5.75 Å². The number of carbonyl (C=O) groups is 1. The third-order valence-corrected chi connectivity index (χ3v) is 4.59. The van der Waals surface area contributed by atoms with E-state index in [4.69, 9.17) is 4.74 Å². The van der Waals surface area contributed by atoms with Crippen molar-refractivity contribution in [3.8, 4) is 16.2 Å². The molecule has 2 aromatic carbocycles. The molecule has 24 heavy (non-hydrogen) atoms. The first kappa shape index (κ1) is 16.2. The van der Waals surface area contributed by atoms with E-state index in [1.54, 1.807) is 0 Å². The highest BCUT2D eigenvalue weighted by Gasteiger charge is 2.12. The molecule has 1 N–H and O–H groups in total. The minimum absolute atomic E-state index is 0.0393. The molecule has 3 rings (SSSR count). The molecule has 0 saturated heterocycles. The number of aromatic nitrogens is 1. The summed E-state index contributed by atoms with van der Waals surface area (Å²) in [6, 6.07) is 17.6. The van der Waals surface area contributed by atoms with Gasteiger partial charge in [0.2, 0.25) is 0 Å². The van der Waals surface area contributed by atoms with Gasteiger partial charge in [0.25, 0.3) is 5.91 Å². The van der Waals surface area contributed by atoms with Gasteiger partial charge in [-0.3, -0.25) is 10.1 Å². The maximum atomic E-state index is 12.0. The Hall–Kier alpha value is -2.66. The predicted octanol–water partition coefficient (Wildman–Crippen LogP) is 4.44. The van der Waals surface area contributed by atoms with Crippen molar-refractivity contribution in [2.75, 3.05) is 11.9 Å². The molecule has 122 valence electrons. The molecule has 0 aliphatic carbocycles. The molecule has 3 aromatic rings. The Morgan fingerprint density at radius 1 is 1.08 bits per heavy atom. The first-order valence-electron chi connectivity index (χ1n) is 7.64. The number of aryl methyl sites for hydroxylation is 2. The topological polar surface area (TPSA) is 51.2 Å². The number of rotatable bonds is 5. The lowest BCUT2D eigenvalue weighted by Crippen LogP contribution is -2.20. The van der Waals surface area contributed by atoms with Crippen molar-refractivity contribution in [1.29, 1.82) is 0 Å². The van der Waals surface area contributed by atoms with Crippen LogP contribution in [-0.2, 0) is 4.79 Å². The van der Waals surface area contributed by atoms with Gasteiger partial charge in [0.15, 0.2) is 11.7 Å². The minimum Gasteiger partial charge on any atom is -0.484 e. The summed E-state index contributed by atoms with van der Waals surface area (Å²) in [5.41, 5.74) is 3.16. The summed E-state index contributed by atoms with van der Waals surface area (Å²) >= 11 is 1.47. The summed E-state index contributed by atoms with van der Waals surface area (Å²) in [4.78, 5) is 17.5. The van der Waals surface area contributed by atoms with E-state index in [1.165, 1.54) is 11.3 Å². The number of carbonyl (C=O) groups excluding carboxylic acids is 1. The van der Waals surface area contributed by atoms with Crippen LogP contribution in [0.1, 0.15) is 11.3 Å². The Labute approximate surface area is 145 Å². The molecule has 1 heterocycles. The molecular weight excluding hydrogens is 320 g/mol. The number of anilines is 1. The van der Waals surface area contributed by atoms with Gasteiger partial charge in [-0.05, 0) is 31.5 Å². The smallest absolute Gasteiger partial charge is 0.264 e. The second kappa shape index (κ2) is 7.27. The average molecular weight is 338 g/mol. The third kappa shape index (κ3) is 4.00. The van der Waals surface area contributed by atoms with Crippen molar-refractivity contribution < 1.29 is 9.53 Å². The Morgan fingerprint density at radius 3 is 2.50 bits per heavy atom. The summed E-state index contributed by atoms with van der Waals surface area (Å²) in [5, 5.41) is 3.38. The number of hydrogen-bond donors (Lipinski definition) is 1.